The Morgan fingerprint density at radius 2 is 1.91 bits per heavy atom. The topological polar surface area (TPSA) is 89.3 Å². The summed E-state index contributed by atoms with van der Waals surface area (Å²) in [6.07, 6.45) is 2.17. The second kappa shape index (κ2) is 6.43. The average molecular weight is 350 g/mol. The van der Waals surface area contributed by atoms with Gasteiger partial charge in [-0.3, -0.25) is 4.79 Å². The summed E-state index contributed by atoms with van der Waals surface area (Å²) >= 11 is 0.987. The van der Waals surface area contributed by atoms with E-state index in [0.29, 0.717) is 17.3 Å². The molecule has 1 aromatic heterocycles. The maximum atomic E-state index is 12.5. The normalized spacial score (nSPS) is 16.0. The lowest BCUT2D eigenvalue weighted by Gasteiger charge is -2.15. The molecule has 23 heavy (non-hydrogen) atoms. The quantitative estimate of drug-likeness (QED) is 0.834. The molecule has 1 aliphatic carbocycles. The maximum absolute atomic E-state index is 12.5. The van der Waals surface area contributed by atoms with E-state index in [2.05, 4.69) is 5.32 Å². The van der Waals surface area contributed by atoms with Gasteiger partial charge in [0.2, 0.25) is 9.84 Å². The third-order valence-electron chi connectivity index (χ3n) is 3.88. The van der Waals surface area contributed by atoms with Crippen LogP contribution >= 0.6 is 11.3 Å². The molecule has 122 valence electrons. The molecule has 0 radical (unpaired) electrons. The summed E-state index contributed by atoms with van der Waals surface area (Å²) in [7, 11) is -3.58. The van der Waals surface area contributed by atoms with Gasteiger partial charge in [-0.05, 0) is 43.0 Å². The van der Waals surface area contributed by atoms with Crippen LogP contribution < -0.4 is 11.1 Å². The first-order chi connectivity index (χ1) is 11.0. The number of carbonyl (C=O) groups is 1. The average Bonchev–Trinajstić information content (AvgIpc) is 3.28. The molecule has 1 aromatic carbocycles. The molecule has 1 unspecified atom stereocenters. The summed E-state index contributed by atoms with van der Waals surface area (Å²) in [6.45, 7) is 0.400. The van der Waals surface area contributed by atoms with Crippen molar-refractivity contribution in [3.05, 3.63) is 47.3 Å². The summed E-state index contributed by atoms with van der Waals surface area (Å²) < 4.78 is 25.2. The minimum Gasteiger partial charge on any atom is -0.347 e. The summed E-state index contributed by atoms with van der Waals surface area (Å²) in [4.78, 5) is 12.9. The van der Waals surface area contributed by atoms with E-state index in [9.17, 15) is 13.2 Å². The smallest absolute Gasteiger partial charge is 0.261 e. The van der Waals surface area contributed by atoms with Crippen LogP contribution in [0.25, 0.3) is 0 Å². The number of carbonyl (C=O) groups excluding carboxylic acids is 1. The predicted molar refractivity (Wildman–Crippen MR) is 89.2 cm³/mol. The van der Waals surface area contributed by atoms with Crippen molar-refractivity contribution in [2.75, 3.05) is 6.54 Å². The van der Waals surface area contributed by atoms with E-state index in [1.54, 1.807) is 36.4 Å². The lowest BCUT2D eigenvalue weighted by molar-refractivity contribution is 0.0937. The van der Waals surface area contributed by atoms with Gasteiger partial charge < -0.3 is 11.1 Å². The molecule has 1 aliphatic rings. The molecule has 1 atom stereocenters. The molecule has 1 amide bonds. The maximum Gasteiger partial charge on any atom is 0.261 e. The van der Waals surface area contributed by atoms with Crippen molar-refractivity contribution in [3.63, 3.8) is 0 Å². The van der Waals surface area contributed by atoms with Crippen molar-refractivity contribution >= 4 is 27.1 Å². The summed E-state index contributed by atoms with van der Waals surface area (Å²) in [6, 6.07) is 11.2. The largest absolute Gasteiger partial charge is 0.347 e. The molecule has 0 aliphatic heterocycles. The van der Waals surface area contributed by atoms with Crippen LogP contribution in [0.15, 0.2) is 51.6 Å². The fourth-order valence-electron chi connectivity index (χ4n) is 2.41. The fourth-order valence-corrected chi connectivity index (χ4v) is 5.04. The van der Waals surface area contributed by atoms with Gasteiger partial charge in [-0.25, -0.2) is 8.42 Å². The zero-order valence-corrected chi connectivity index (χ0v) is 14.1. The van der Waals surface area contributed by atoms with E-state index in [-0.39, 0.29) is 21.1 Å². The van der Waals surface area contributed by atoms with E-state index in [1.165, 1.54) is 6.07 Å². The first-order valence-corrected chi connectivity index (χ1v) is 9.73. The number of hydrogen-bond donors (Lipinski definition) is 2. The van der Waals surface area contributed by atoms with Crippen LogP contribution in [0.2, 0.25) is 0 Å². The van der Waals surface area contributed by atoms with Crippen molar-refractivity contribution in [2.24, 2.45) is 11.7 Å². The third-order valence-corrected chi connectivity index (χ3v) is 7.23. The molecule has 0 spiro atoms. The molecule has 1 saturated carbocycles. The van der Waals surface area contributed by atoms with Crippen LogP contribution in [0, 0.1) is 5.92 Å². The Bertz CT molecular complexity index is 796. The van der Waals surface area contributed by atoms with Gasteiger partial charge in [0.05, 0.1) is 9.77 Å². The van der Waals surface area contributed by atoms with Crippen LogP contribution in [-0.4, -0.2) is 26.9 Å². The Morgan fingerprint density at radius 3 is 2.52 bits per heavy atom. The van der Waals surface area contributed by atoms with Gasteiger partial charge in [-0.1, -0.05) is 18.2 Å². The highest BCUT2D eigenvalue weighted by atomic mass is 32.2. The monoisotopic (exact) mass is 350 g/mol. The molecule has 0 bridgehead atoms. The molecule has 3 N–H and O–H groups in total. The van der Waals surface area contributed by atoms with Crippen LogP contribution in [0.3, 0.4) is 0 Å². The van der Waals surface area contributed by atoms with Crippen LogP contribution in [-0.2, 0) is 9.84 Å². The molecule has 0 saturated heterocycles. The number of nitrogens with two attached hydrogens (primary N) is 1. The van der Waals surface area contributed by atoms with E-state index >= 15 is 0 Å². The zero-order chi connectivity index (χ0) is 16.4. The number of benzene rings is 1. The van der Waals surface area contributed by atoms with Gasteiger partial charge >= 0.3 is 0 Å². The van der Waals surface area contributed by atoms with Crippen LogP contribution in [0.1, 0.15) is 22.5 Å². The number of rotatable bonds is 6. The number of thiophene rings is 1. The molecular formula is C16H18N2O3S2. The number of hydrogen-bond acceptors (Lipinski definition) is 5. The van der Waals surface area contributed by atoms with Crippen molar-refractivity contribution in [2.45, 2.75) is 28.0 Å². The van der Waals surface area contributed by atoms with Crippen molar-refractivity contribution in [1.29, 1.82) is 0 Å². The molecular weight excluding hydrogens is 332 g/mol. The van der Waals surface area contributed by atoms with Crippen molar-refractivity contribution < 1.29 is 13.2 Å². The molecule has 5 nitrogen and oxygen atoms in total. The molecule has 3 rings (SSSR count). The van der Waals surface area contributed by atoms with Crippen LogP contribution in [0.5, 0.6) is 0 Å². The fraction of sp³-hybridized carbons (Fsp3) is 0.312. The third kappa shape index (κ3) is 3.46. The minimum absolute atomic E-state index is 0.0289. The van der Waals surface area contributed by atoms with Crippen molar-refractivity contribution in [1.82, 2.24) is 5.32 Å². The molecule has 1 fully saturated rings. The lowest BCUT2D eigenvalue weighted by atomic mass is 10.2. The predicted octanol–water partition coefficient (Wildman–Crippen LogP) is 2.05. The van der Waals surface area contributed by atoms with Gasteiger partial charge in [-0.15, -0.1) is 11.3 Å². The van der Waals surface area contributed by atoms with Crippen molar-refractivity contribution in [3.8, 4) is 0 Å². The summed E-state index contributed by atoms with van der Waals surface area (Å²) in [5.41, 5.74) is 5.68. The molecule has 7 heteroatoms. The Hall–Kier alpha value is -1.70. The van der Waals surface area contributed by atoms with E-state index < -0.39 is 9.84 Å². The summed E-state index contributed by atoms with van der Waals surface area (Å²) in [5.74, 6) is 0.197. The molecule has 1 heterocycles. The van der Waals surface area contributed by atoms with Gasteiger partial charge in [0, 0.05) is 12.6 Å². The Morgan fingerprint density at radius 1 is 1.22 bits per heavy atom. The van der Waals surface area contributed by atoms with E-state index in [0.717, 1.165) is 24.2 Å². The highest BCUT2D eigenvalue weighted by molar-refractivity contribution is 7.93. The first kappa shape index (κ1) is 16.2. The first-order valence-electron chi connectivity index (χ1n) is 7.43. The summed E-state index contributed by atoms with van der Waals surface area (Å²) in [5, 5.41) is 2.90. The zero-order valence-electron chi connectivity index (χ0n) is 12.4. The second-order valence-electron chi connectivity index (χ2n) is 5.59. The number of sulfone groups is 1. The SMILES string of the molecule is NCC(NC(=O)c1ccc(S(=O)(=O)c2ccccc2)s1)C1CC1. The minimum atomic E-state index is -3.58. The van der Waals surface area contributed by atoms with E-state index in [4.69, 9.17) is 5.73 Å². The van der Waals surface area contributed by atoms with Gasteiger partial charge in [0.1, 0.15) is 4.21 Å². The number of nitrogens with one attached hydrogen (secondary N) is 1. The van der Waals surface area contributed by atoms with Gasteiger partial charge in [0.25, 0.3) is 5.91 Å². The van der Waals surface area contributed by atoms with E-state index in [1.807, 2.05) is 0 Å². The Balaban J connectivity index is 1.79. The van der Waals surface area contributed by atoms with Crippen LogP contribution in [0.4, 0.5) is 0 Å². The Labute approximate surface area is 139 Å². The Kier molecular flexibility index (Phi) is 4.52. The van der Waals surface area contributed by atoms with Gasteiger partial charge in [0.15, 0.2) is 0 Å². The number of amides is 1. The highest BCUT2D eigenvalue weighted by Crippen LogP contribution is 2.33. The second-order valence-corrected chi connectivity index (χ2v) is 8.85. The highest BCUT2D eigenvalue weighted by Gasteiger charge is 2.32. The molecule has 2 aromatic rings. The lowest BCUT2D eigenvalue weighted by Crippen LogP contribution is -2.41. The van der Waals surface area contributed by atoms with Gasteiger partial charge in [-0.2, -0.15) is 0 Å². The standard InChI is InChI=1S/C16H18N2O3S2/c17-10-13(11-6-7-11)18-16(19)14-8-9-15(22-14)23(20,21)12-4-2-1-3-5-12/h1-5,8-9,11,13H,6-7,10,17H2,(H,18,19).